The van der Waals surface area contributed by atoms with Gasteiger partial charge >= 0.3 is 0 Å². The van der Waals surface area contributed by atoms with E-state index in [-0.39, 0.29) is 0 Å². The van der Waals surface area contributed by atoms with Gasteiger partial charge in [-0.25, -0.2) is 0 Å². The molecule has 1 aliphatic carbocycles. The lowest BCUT2D eigenvalue weighted by molar-refractivity contribution is 0.359. The molecule has 1 aromatic heterocycles. The largest absolute Gasteiger partial charge is 0.496 e. The Bertz CT molecular complexity index is 445. The molecule has 0 amide bonds. The Balaban J connectivity index is 2.16. The van der Waals surface area contributed by atoms with Crippen LogP contribution in [-0.4, -0.2) is 25.2 Å². The minimum absolute atomic E-state index is 0.664. The van der Waals surface area contributed by atoms with Crippen LogP contribution < -0.4 is 10.1 Å². The first kappa shape index (κ1) is 14.3. The van der Waals surface area contributed by atoms with Gasteiger partial charge in [-0.05, 0) is 52.0 Å². The Morgan fingerprint density at radius 2 is 2.11 bits per heavy atom. The number of aryl methyl sites for hydroxylation is 1. The molecule has 1 fully saturated rings. The van der Waals surface area contributed by atoms with Gasteiger partial charge in [0.1, 0.15) is 5.75 Å². The SMILES string of the molecule is CNC1CCC(Cc2ncc(C)c(OC)c2C)C1C. The molecule has 1 heterocycles. The monoisotopic (exact) mass is 262 g/mol. The first-order chi connectivity index (χ1) is 9.08. The molecule has 3 nitrogen and oxygen atoms in total. The summed E-state index contributed by atoms with van der Waals surface area (Å²) >= 11 is 0. The van der Waals surface area contributed by atoms with E-state index in [1.165, 1.54) is 24.1 Å². The third kappa shape index (κ3) is 2.76. The second-order valence-corrected chi connectivity index (χ2v) is 5.84. The smallest absolute Gasteiger partial charge is 0.128 e. The van der Waals surface area contributed by atoms with Crippen LogP contribution in [0.25, 0.3) is 0 Å². The standard InChI is InChI=1S/C16H26N2O/c1-10-9-18-15(12(3)16(10)19-5)8-13-6-7-14(17-4)11(13)2/h9,11,13-14,17H,6-8H2,1-5H3. The first-order valence-corrected chi connectivity index (χ1v) is 7.24. The van der Waals surface area contributed by atoms with Crippen LogP contribution in [0.2, 0.25) is 0 Å². The predicted molar refractivity (Wildman–Crippen MR) is 78.7 cm³/mol. The van der Waals surface area contributed by atoms with Gasteiger partial charge in [0.2, 0.25) is 0 Å². The van der Waals surface area contributed by atoms with Crippen molar-refractivity contribution < 1.29 is 4.74 Å². The molecule has 3 unspecified atom stereocenters. The number of nitrogens with zero attached hydrogens (tertiary/aromatic N) is 1. The Morgan fingerprint density at radius 3 is 2.68 bits per heavy atom. The summed E-state index contributed by atoms with van der Waals surface area (Å²) in [5.41, 5.74) is 3.54. The Morgan fingerprint density at radius 1 is 1.37 bits per heavy atom. The Kier molecular flexibility index (Phi) is 4.46. The molecule has 3 atom stereocenters. The number of rotatable bonds is 4. The highest BCUT2D eigenvalue weighted by Crippen LogP contribution is 2.35. The van der Waals surface area contributed by atoms with Crippen molar-refractivity contribution in [1.82, 2.24) is 10.3 Å². The van der Waals surface area contributed by atoms with Gasteiger partial charge in [-0.1, -0.05) is 6.92 Å². The van der Waals surface area contributed by atoms with Gasteiger partial charge in [0.25, 0.3) is 0 Å². The summed E-state index contributed by atoms with van der Waals surface area (Å²) in [4.78, 5) is 4.63. The van der Waals surface area contributed by atoms with E-state index in [2.05, 4.69) is 38.1 Å². The highest BCUT2D eigenvalue weighted by atomic mass is 16.5. The zero-order chi connectivity index (χ0) is 14.0. The van der Waals surface area contributed by atoms with E-state index in [0.29, 0.717) is 6.04 Å². The van der Waals surface area contributed by atoms with Crippen LogP contribution in [0.3, 0.4) is 0 Å². The van der Waals surface area contributed by atoms with Crippen LogP contribution in [-0.2, 0) is 6.42 Å². The predicted octanol–water partition coefficient (Wildman–Crippen LogP) is 2.88. The summed E-state index contributed by atoms with van der Waals surface area (Å²) < 4.78 is 5.50. The van der Waals surface area contributed by atoms with Crippen LogP contribution in [0, 0.1) is 25.7 Å². The number of aromatic nitrogens is 1. The first-order valence-electron chi connectivity index (χ1n) is 7.24. The van der Waals surface area contributed by atoms with Crippen molar-refractivity contribution in [2.45, 2.75) is 46.1 Å². The van der Waals surface area contributed by atoms with Gasteiger partial charge in [-0.15, -0.1) is 0 Å². The van der Waals surface area contributed by atoms with E-state index in [9.17, 15) is 0 Å². The van der Waals surface area contributed by atoms with Gasteiger partial charge in [0.05, 0.1) is 7.11 Å². The van der Waals surface area contributed by atoms with E-state index in [4.69, 9.17) is 4.74 Å². The number of pyridine rings is 1. The van der Waals surface area contributed by atoms with Gasteiger partial charge in [0.15, 0.2) is 0 Å². The number of hydrogen-bond acceptors (Lipinski definition) is 3. The normalized spacial score (nSPS) is 26.7. The van der Waals surface area contributed by atoms with Crippen molar-refractivity contribution in [2.75, 3.05) is 14.2 Å². The summed E-state index contributed by atoms with van der Waals surface area (Å²) in [6.07, 6.45) is 5.59. The van der Waals surface area contributed by atoms with Crippen molar-refractivity contribution in [2.24, 2.45) is 11.8 Å². The third-order valence-electron chi connectivity index (χ3n) is 4.80. The third-order valence-corrected chi connectivity index (χ3v) is 4.80. The topological polar surface area (TPSA) is 34.2 Å². The van der Waals surface area contributed by atoms with E-state index < -0.39 is 0 Å². The second-order valence-electron chi connectivity index (χ2n) is 5.84. The molecule has 0 spiro atoms. The molecule has 19 heavy (non-hydrogen) atoms. The molecule has 0 aliphatic heterocycles. The molecular weight excluding hydrogens is 236 g/mol. The van der Waals surface area contributed by atoms with Crippen LogP contribution in [0.1, 0.15) is 36.6 Å². The molecule has 1 aliphatic rings. The number of ether oxygens (including phenoxy) is 1. The van der Waals surface area contributed by atoms with Gasteiger partial charge in [0, 0.05) is 29.1 Å². The minimum Gasteiger partial charge on any atom is -0.496 e. The van der Waals surface area contributed by atoms with Gasteiger partial charge in [-0.2, -0.15) is 0 Å². The van der Waals surface area contributed by atoms with E-state index >= 15 is 0 Å². The molecule has 1 N–H and O–H groups in total. The summed E-state index contributed by atoms with van der Waals surface area (Å²) in [5, 5.41) is 3.43. The molecule has 1 aromatic rings. The van der Waals surface area contributed by atoms with Crippen LogP contribution in [0.5, 0.6) is 5.75 Å². The average Bonchev–Trinajstić information content (AvgIpc) is 2.74. The van der Waals surface area contributed by atoms with Crippen LogP contribution in [0.4, 0.5) is 0 Å². The van der Waals surface area contributed by atoms with Gasteiger partial charge in [-0.3, -0.25) is 4.98 Å². The lowest BCUT2D eigenvalue weighted by Crippen LogP contribution is -2.29. The minimum atomic E-state index is 0.664. The molecule has 3 heteroatoms. The quantitative estimate of drug-likeness (QED) is 0.906. The molecule has 0 aromatic carbocycles. The maximum atomic E-state index is 5.50. The van der Waals surface area contributed by atoms with Crippen LogP contribution >= 0.6 is 0 Å². The number of nitrogens with one attached hydrogen (secondary N) is 1. The molecule has 2 rings (SSSR count). The maximum absolute atomic E-state index is 5.50. The van der Waals surface area contributed by atoms with E-state index in [1.54, 1.807) is 7.11 Å². The van der Waals surface area contributed by atoms with Crippen molar-refractivity contribution >= 4 is 0 Å². The van der Waals surface area contributed by atoms with Crippen molar-refractivity contribution in [3.63, 3.8) is 0 Å². The van der Waals surface area contributed by atoms with Crippen molar-refractivity contribution in [3.05, 3.63) is 23.0 Å². The fraction of sp³-hybridized carbons (Fsp3) is 0.688. The molecular formula is C16H26N2O. The number of hydrogen-bond donors (Lipinski definition) is 1. The lowest BCUT2D eigenvalue weighted by Gasteiger charge is -2.21. The summed E-state index contributed by atoms with van der Waals surface area (Å²) in [6, 6.07) is 0.664. The highest BCUT2D eigenvalue weighted by molar-refractivity contribution is 5.41. The molecule has 1 saturated carbocycles. The Hall–Kier alpha value is -1.09. The molecule has 0 bridgehead atoms. The van der Waals surface area contributed by atoms with Crippen LogP contribution in [0.15, 0.2) is 6.20 Å². The summed E-state index contributed by atoms with van der Waals surface area (Å²) in [7, 11) is 3.82. The van der Waals surface area contributed by atoms with E-state index in [0.717, 1.165) is 29.6 Å². The average molecular weight is 262 g/mol. The van der Waals surface area contributed by atoms with Crippen molar-refractivity contribution in [3.8, 4) is 5.75 Å². The second kappa shape index (κ2) is 5.91. The lowest BCUT2D eigenvalue weighted by atomic mass is 9.90. The van der Waals surface area contributed by atoms with E-state index in [1.807, 2.05) is 6.20 Å². The van der Waals surface area contributed by atoms with Crippen molar-refractivity contribution in [1.29, 1.82) is 0 Å². The summed E-state index contributed by atoms with van der Waals surface area (Å²) in [6.45, 7) is 6.54. The fourth-order valence-corrected chi connectivity index (χ4v) is 3.47. The molecule has 0 saturated heterocycles. The number of methoxy groups -OCH3 is 1. The molecule has 0 radical (unpaired) electrons. The maximum Gasteiger partial charge on any atom is 0.128 e. The Labute approximate surface area is 116 Å². The van der Waals surface area contributed by atoms with Gasteiger partial charge < -0.3 is 10.1 Å². The highest BCUT2D eigenvalue weighted by Gasteiger charge is 2.32. The molecule has 106 valence electrons. The zero-order valence-electron chi connectivity index (χ0n) is 12.8. The zero-order valence-corrected chi connectivity index (χ0v) is 12.8. The fourth-order valence-electron chi connectivity index (χ4n) is 3.47. The summed E-state index contributed by atoms with van der Waals surface area (Å²) in [5.74, 6) is 2.45.